The third-order valence-corrected chi connectivity index (χ3v) is 4.51. The number of aryl methyl sites for hydroxylation is 1. The van der Waals surface area contributed by atoms with E-state index in [1.54, 1.807) is 0 Å². The van der Waals surface area contributed by atoms with Crippen molar-refractivity contribution < 1.29 is 4.74 Å². The molecular formula is C17H27N3O. The van der Waals surface area contributed by atoms with Crippen molar-refractivity contribution in [1.29, 1.82) is 0 Å². The molecular weight excluding hydrogens is 262 g/mol. The number of nitrogens with zero attached hydrogens (tertiary/aromatic N) is 2. The van der Waals surface area contributed by atoms with Crippen LogP contribution < -0.4 is 10.2 Å². The Kier molecular flexibility index (Phi) is 4.76. The van der Waals surface area contributed by atoms with Gasteiger partial charge in [0.05, 0.1) is 0 Å². The van der Waals surface area contributed by atoms with E-state index in [1.165, 1.54) is 36.8 Å². The van der Waals surface area contributed by atoms with Gasteiger partial charge in [-0.25, -0.2) is 4.98 Å². The lowest BCUT2D eigenvalue weighted by atomic mass is 10.00. The molecule has 1 aliphatic heterocycles. The van der Waals surface area contributed by atoms with E-state index in [1.807, 2.05) is 6.20 Å². The number of anilines is 1. The topological polar surface area (TPSA) is 37.4 Å². The van der Waals surface area contributed by atoms with Gasteiger partial charge in [0.25, 0.3) is 0 Å². The quantitative estimate of drug-likeness (QED) is 0.873. The van der Waals surface area contributed by atoms with Gasteiger partial charge in [0, 0.05) is 45.6 Å². The Morgan fingerprint density at radius 2 is 2.05 bits per heavy atom. The molecule has 116 valence electrons. The van der Waals surface area contributed by atoms with Gasteiger partial charge in [0.15, 0.2) is 0 Å². The molecule has 21 heavy (non-hydrogen) atoms. The second-order valence-corrected chi connectivity index (χ2v) is 6.58. The SMILES string of the molecule is Cc1cc(CNC2CC2)cnc1N(C)CC1CCOCC1. The zero-order chi connectivity index (χ0) is 14.7. The first kappa shape index (κ1) is 14.8. The normalized spacial score (nSPS) is 19.7. The summed E-state index contributed by atoms with van der Waals surface area (Å²) in [6, 6.07) is 3.03. The third kappa shape index (κ3) is 4.17. The summed E-state index contributed by atoms with van der Waals surface area (Å²) in [7, 11) is 2.16. The Morgan fingerprint density at radius 1 is 1.29 bits per heavy atom. The van der Waals surface area contributed by atoms with Crippen LogP contribution in [0.2, 0.25) is 0 Å². The smallest absolute Gasteiger partial charge is 0.131 e. The molecule has 0 unspecified atom stereocenters. The van der Waals surface area contributed by atoms with Gasteiger partial charge in [0.1, 0.15) is 5.82 Å². The minimum absolute atomic E-state index is 0.737. The van der Waals surface area contributed by atoms with E-state index in [2.05, 4.69) is 30.3 Å². The molecule has 1 aromatic rings. The molecule has 0 atom stereocenters. The molecule has 1 aliphatic carbocycles. The molecule has 4 nitrogen and oxygen atoms in total. The van der Waals surface area contributed by atoms with Crippen LogP contribution in [0.4, 0.5) is 5.82 Å². The summed E-state index contributed by atoms with van der Waals surface area (Å²) >= 11 is 0. The van der Waals surface area contributed by atoms with Gasteiger partial charge in [0.2, 0.25) is 0 Å². The average molecular weight is 289 g/mol. The van der Waals surface area contributed by atoms with Gasteiger partial charge < -0.3 is 15.0 Å². The maximum Gasteiger partial charge on any atom is 0.131 e. The monoisotopic (exact) mass is 289 g/mol. The van der Waals surface area contributed by atoms with Crippen molar-refractivity contribution in [2.24, 2.45) is 5.92 Å². The third-order valence-electron chi connectivity index (χ3n) is 4.51. The molecule has 1 saturated heterocycles. The number of aromatic nitrogens is 1. The molecule has 3 rings (SSSR count). The van der Waals surface area contributed by atoms with E-state index in [9.17, 15) is 0 Å². The van der Waals surface area contributed by atoms with Crippen LogP contribution in [-0.4, -0.2) is 37.8 Å². The van der Waals surface area contributed by atoms with E-state index in [0.29, 0.717) is 0 Å². The van der Waals surface area contributed by atoms with Crippen molar-refractivity contribution in [3.8, 4) is 0 Å². The zero-order valence-corrected chi connectivity index (χ0v) is 13.3. The number of pyridine rings is 1. The summed E-state index contributed by atoms with van der Waals surface area (Å²) in [5.41, 5.74) is 2.57. The molecule has 0 spiro atoms. The van der Waals surface area contributed by atoms with Crippen LogP contribution in [0.25, 0.3) is 0 Å². The van der Waals surface area contributed by atoms with Crippen molar-refractivity contribution in [3.05, 3.63) is 23.4 Å². The molecule has 2 aliphatic rings. The van der Waals surface area contributed by atoms with Crippen molar-refractivity contribution in [1.82, 2.24) is 10.3 Å². The molecule has 0 radical (unpaired) electrons. The van der Waals surface area contributed by atoms with Crippen LogP contribution in [0.3, 0.4) is 0 Å². The summed E-state index contributed by atoms with van der Waals surface area (Å²) in [6.07, 6.45) is 7.04. The molecule has 2 heterocycles. The number of hydrogen-bond acceptors (Lipinski definition) is 4. The van der Waals surface area contributed by atoms with Gasteiger partial charge in [-0.15, -0.1) is 0 Å². The summed E-state index contributed by atoms with van der Waals surface area (Å²) < 4.78 is 5.44. The summed E-state index contributed by atoms with van der Waals surface area (Å²) in [4.78, 5) is 7.01. The van der Waals surface area contributed by atoms with Crippen LogP contribution in [0, 0.1) is 12.8 Å². The van der Waals surface area contributed by atoms with Crippen LogP contribution in [0.5, 0.6) is 0 Å². The fraction of sp³-hybridized carbons (Fsp3) is 0.706. The maximum absolute atomic E-state index is 5.44. The van der Waals surface area contributed by atoms with Crippen molar-refractivity contribution >= 4 is 5.82 Å². The lowest BCUT2D eigenvalue weighted by Crippen LogP contribution is -2.30. The van der Waals surface area contributed by atoms with E-state index < -0.39 is 0 Å². The molecule has 2 fully saturated rings. The predicted octanol–water partition coefficient (Wildman–Crippen LogP) is 2.50. The fourth-order valence-electron chi connectivity index (χ4n) is 3.07. The minimum Gasteiger partial charge on any atom is -0.381 e. The molecule has 0 amide bonds. The minimum atomic E-state index is 0.737. The molecule has 4 heteroatoms. The van der Waals surface area contributed by atoms with Crippen LogP contribution >= 0.6 is 0 Å². The Bertz CT molecular complexity index is 467. The summed E-state index contributed by atoms with van der Waals surface area (Å²) in [5, 5.41) is 3.55. The number of nitrogens with one attached hydrogen (secondary N) is 1. The van der Waals surface area contributed by atoms with Gasteiger partial charge in [-0.3, -0.25) is 0 Å². The average Bonchev–Trinajstić information content (AvgIpc) is 3.30. The Hall–Kier alpha value is -1.13. The first-order chi connectivity index (χ1) is 10.2. The lowest BCUT2D eigenvalue weighted by Gasteiger charge is -2.28. The molecule has 1 aromatic heterocycles. The molecule has 1 N–H and O–H groups in total. The van der Waals surface area contributed by atoms with Crippen molar-refractivity contribution in [2.75, 3.05) is 31.7 Å². The van der Waals surface area contributed by atoms with Crippen molar-refractivity contribution in [3.63, 3.8) is 0 Å². The standard InChI is InChI=1S/C17H27N3O/c1-13-9-15(10-18-16-3-4-16)11-19-17(13)20(2)12-14-5-7-21-8-6-14/h9,11,14,16,18H,3-8,10,12H2,1-2H3. The molecule has 0 aromatic carbocycles. The fourth-order valence-corrected chi connectivity index (χ4v) is 3.07. The Morgan fingerprint density at radius 3 is 2.71 bits per heavy atom. The first-order valence-electron chi connectivity index (χ1n) is 8.20. The number of ether oxygens (including phenoxy) is 1. The van der Waals surface area contributed by atoms with Gasteiger partial charge in [-0.2, -0.15) is 0 Å². The summed E-state index contributed by atoms with van der Waals surface area (Å²) in [5.74, 6) is 1.86. The molecule has 0 bridgehead atoms. The van der Waals surface area contributed by atoms with E-state index >= 15 is 0 Å². The highest BCUT2D eigenvalue weighted by molar-refractivity contribution is 5.46. The predicted molar refractivity (Wildman–Crippen MR) is 85.6 cm³/mol. The van der Waals surface area contributed by atoms with Gasteiger partial charge >= 0.3 is 0 Å². The van der Waals surface area contributed by atoms with Crippen LogP contribution in [-0.2, 0) is 11.3 Å². The van der Waals surface area contributed by atoms with E-state index in [0.717, 1.165) is 44.1 Å². The highest BCUT2D eigenvalue weighted by Gasteiger charge is 2.20. The van der Waals surface area contributed by atoms with Crippen LogP contribution in [0.1, 0.15) is 36.8 Å². The highest BCUT2D eigenvalue weighted by Crippen LogP contribution is 2.23. The highest BCUT2D eigenvalue weighted by atomic mass is 16.5. The van der Waals surface area contributed by atoms with Gasteiger partial charge in [-0.1, -0.05) is 0 Å². The Labute approximate surface area is 127 Å². The maximum atomic E-state index is 5.44. The summed E-state index contributed by atoms with van der Waals surface area (Å²) in [6.45, 7) is 6.02. The Balaban J connectivity index is 1.57. The molecule has 1 saturated carbocycles. The first-order valence-corrected chi connectivity index (χ1v) is 8.20. The van der Waals surface area contributed by atoms with Crippen molar-refractivity contribution in [2.45, 2.75) is 45.2 Å². The second-order valence-electron chi connectivity index (χ2n) is 6.58. The van der Waals surface area contributed by atoms with E-state index in [4.69, 9.17) is 9.72 Å². The second kappa shape index (κ2) is 6.75. The largest absolute Gasteiger partial charge is 0.381 e. The van der Waals surface area contributed by atoms with Crippen LogP contribution in [0.15, 0.2) is 12.3 Å². The van der Waals surface area contributed by atoms with E-state index in [-0.39, 0.29) is 0 Å². The number of rotatable bonds is 6. The zero-order valence-electron chi connectivity index (χ0n) is 13.3. The van der Waals surface area contributed by atoms with Gasteiger partial charge in [-0.05, 0) is 55.7 Å². The number of hydrogen-bond donors (Lipinski definition) is 1. The lowest BCUT2D eigenvalue weighted by molar-refractivity contribution is 0.0685.